The van der Waals surface area contributed by atoms with Gasteiger partial charge in [-0.05, 0) is 43.0 Å². The van der Waals surface area contributed by atoms with Crippen molar-refractivity contribution in [2.75, 3.05) is 0 Å². The van der Waals surface area contributed by atoms with Crippen LogP contribution in [0.5, 0.6) is 0 Å². The highest BCUT2D eigenvalue weighted by Crippen LogP contribution is 2.41. The molecule has 0 bridgehead atoms. The molecule has 0 spiro atoms. The van der Waals surface area contributed by atoms with E-state index in [1.165, 1.54) is 0 Å². The SMILES string of the molecule is CCCC[C@]1(O)c2ccccc2C[C@@H]1NS(=O)(=O)c1ccc(C)cc1. The van der Waals surface area contributed by atoms with E-state index in [0.717, 1.165) is 29.5 Å². The van der Waals surface area contributed by atoms with Crippen LogP contribution in [0.15, 0.2) is 53.4 Å². The molecule has 0 saturated heterocycles. The van der Waals surface area contributed by atoms with Crippen LogP contribution in [0.3, 0.4) is 0 Å². The number of hydrogen-bond donors (Lipinski definition) is 2. The van der Waals surface area contributed by atoms with E-state index in [1.54, 1.807) is 24.3 Å². The zero-order valence-electron chi connectivity index (χ0n) is 14.7. The summed E-state index contributed by atoms with van der Waals surface area (Å²) in [7, 11) is -3.68. The number of sulfonamides is 1. The molecule has 134 valence electrons. The second-order valence-electron chi connectivity index (χ2n) is 6.88. The van der Waals surface area contributed by atoms with Gasteiger partial charge in [0, 0.05) is 0 Å². The molecule has 0 amide bonds. The van der Waals surface area contributed by atoms with Crippen molar-refractivity contribution in [3.8, 4) is 0 Å². The van der Waals surface area contributed by atoms with E-state index in [9.17, 15) is 13.5 Å². The van der Waals surface area contributed by atoms with Gasteiger partial charge in [-0.3, -0.25) is 0 Å². The van der Waals surface area contributed by atoms with Crippen molar-refractivity contribution in [2.24, 2.45) is 0 Å². The van der Waals surface area contributed by atoms with Crippen molar-refractivity contribution in [3.63, 3.8) is 0 Å². The quantitative estimate of drug-likeness (QED) is 0.832. The minimum absolute atomic E-state index is 0.229. The van der Waals surface area contributed by atoms with Gasteiger partial charge in [0.2, 0.25) is 10.0 Å². The Labute approximate surface area is 150 Å². The highest BCUT2D eigenvalue weighted by molar-refractivity contribution is 7.89. The molecule has 2 atom stereocenters. The number of hydrogen-bond acceptors (Lipinski definition) is 3. The van der Waals surface area contributed by atoms with E-state index in [0.29, 0.717) is 12.8 Å². The molecule has 4 nitrogen and oxygen atoms in total. The summed E-state index contributed by atoms with van der Waals surface area (Å²) in [6, 6.07) is 13.9. The Hall–Kier alpha value is -1.69. The zero-order valence-corrected chi connectivity index (χ0v) is 15.5. The molecule has 2 aromatic rings. The first-order valence-electron chi connectivity index (χ1n) is 8.76. The van der Waals surface area contributed by atoms with Gasteiger partial charge in [0.1, 0.15) is 5.60 Å². The van der Waals surface area contributed by atoms with Crippen LogP contribution in [0.1, 0.15) is 42.9 Å². The molecule has 5 heteroatoms. The van der Waals surface area contributed by atoms with Crippen molar-refractivity contribution in [1.82, 2.24) is 4.72 Å². The smallest absolute Gasteiger partial charge is 0.240 e. The van der Waals surface area contributed by atoms with Crippen LogP contribution in [-0.4, -0.2) is 19.6 Å². The van der Waals surface area contributed by atoms with Crippen LogP contribution in [-0.2, 0) is 22.0 Å². The molecule has 1 aliphatic carbocycles. The first kappa shape index (κ1) is 18.1. The lowest BCUT2D eigenvalue weighted by molar-refractivity contribution is 0.00515. The second kappa shape index (κ2) is 6.90. The van der Waals surface area contributed by atoms with Gasteiger partial charge < -0.3 is 5.11 Å². The Kier molecular flexibility index (Phi) is 5.00. The number of aliphatic hydroxyl groups is 1. The van der Waals surface area contributed by atoms with Gasteiger partial charge >= 0.3 is 0 Å². The highest BCUT2D eigenvalue weighted by Gasteiger charge is 2.46. The van der Waals surface area contributed by atoms with Gasteiger partial charge in [-0.1, -0.05) is 61.7 Å². The van der Waals surface area contributed by atoms with E-state index in [2.05, 4.69) is 11.6 Å². The third kappa shape index (κ3) is 3.50. The summed E-state index contributed by atoms with van der Waals surface area (Å²) in [6.07, 6.45) is 2.83. The highest BCUT2D eigenvalue weighted by atomic mass is 32.2. The van der Waals surface area contributed by atoms with Crippen molar-refractivity contribution in [2.45, 2.75) is 56.1 Å². The van der Waals surface area contributed by atoms with Crippen molar-refractivity contribution in [1.29, 1.82) is 0 Å². The van der Waals surface area contributed by atoms with Crippen molar-refractivity contribution >= 4 is 10.0 Å². The minimum Gasteiger partial charge on any atom is -0.383 e. The van der Waals surface area contributed by atoms with E-state index in [1.807, 2.05) is 31.2 Å². The number of nitrogens with one attached hydrogen (secondary N) is 1. The van der Waals surface area contributed by atoms with Gasteiger partial charge in [0.05, 0.1) is 10.9 Å². The van der Waals surface area contributed by atoms with Crippen molar-refractivity contribution < 1.29 is 13.5 Å². The largest absolute Gasteiger partial charge is 0.383 e. The van der Waals surface area contributed by atoms with Gasteiger partial charge in [0.25, 0.3) is 0 Å². The normalized spacial score (nSPS) is 22.8. The lowest BCUT2D eigenvalue weighted by Gasteiger charge is -2.31. The maximum absolute atomic E-state index is 12.8. The maximum Gasteiger partial charge on any atom is 0.240 e. The fourth-order valence-corrected chi connectivity index (χ4v) is 4.85. The molecule has 0 radical (unpaired) electrons. The van der Waals surface area contributed by atoms with Gasteiger partial charge in [0.15, 0.2) is 0 Å². The Morgan fingerprint density at radius 2 is 1.84 bits per heavy atom. The number of aryl methyl sites for hydroxylation is 1. The molecule has 1 aliphatic rings. The van der Waals surface area contributed by atoms with E-state index in [4.69, 9.17) is 0 Å². The van der Waals surface area contributed by atoms with Crippen LogP contribution in [0, 0.1) is 6.92 Å². The summed E-state index contributed by atoms with van der Waals surface area (Å²) in [5, 5.41) is 11.4. The molecule has 0 saturated carbocycles. The number of unbranched alkanes of at least 4 members (excludes halogenated alkanes) is 1. The van der Waals surface area contributed by atoms with Gasteiger partial charge in [-0.2, -0.15) is 0 Å². The van der Waals surface area contributed by atoms with E-state index >= 15 is 0 Å². The maximum atomic E-state index is 12.8. The number of fused-ring (bicyclic) bond motifs is 1. The number of rotatable bonds is 6. The Bertz CT molecular complexity index is 845. The van der Waals surface area contributed by atoms with Crippen LogP contribution in [0.4, 0.5) is 0 Å². The van der Waals surface area contributed by atoms with Crippen LogP contribution in [0.2, 0.25) is 0 Å². The summed E-state index contributed by atoms with van der Waals surface area (Å²) in [5.74, 6) is 0. The molecule has 0 unspecified atom stereocenters. The predicted octanol–water partition coefficient (Wildman–Crippen LogP) is 3.28. The average Bonchev–Trinajstić information content (AvgIpc) is 2.86. The van der Waals surface area contributed by atoms with Gasteiger partial charge in [-0.25, -0.2) is 13.1 Å². The summed E-state index contributed by atoms with van der Waals surface area (Å²) in [6.45, 7) is 3.98. The molecular weight excluding hydrogens is 334 g/mol. The summed E-state index contributed by atoms with van der Waals surface area (Å²) in [4.78, 5) is 0.229. The molecule has 2 aromatic carbocycles. The number of benzene rings is 2. The lowest BCUT2D eigenvalue weighted by Crippen LogP contribution is -2.48. The summed E-state index contributed by atoms with van der Waals surface area (Å²) in [5.41, 5.74) is 1.70. The fraction of sp³-hybridized carbons (Fsp3) is 0.400. The molecule has 0 fully saturated rings. The standard InChI is InChI=1S/C20H25NO3S/c1-3-4-13-20(22)18-8-6-5-7-16(18)14-19(20)21-25(23,24)17-11-9-15(2)10-12-17/h5-12,19,21-22H,3-4,13-14H2,1-2H3/t19-,20-/m0/s1. The second-order valence-corrected chi connectivity index (χ2v) is 8.59. The molecule has 3 rings (SSSR count). The lowest BCUT2D eigenvalue weighted by atomic mass is 9.87. The first-order valence-corrected chi connectivity index (χ1v) is 10.2. The minimum atomic E-state index is -3.68. The molecule has 2 N–H and O–H groups in total. The Morgan fingerprint density at radius 3 is 2.52 bits per heavy atom. The molecule has 0 aromatic heterocycles. The monoisotopic (exact) mass is 359 g/mol. The van der Waals surface area contributed by atoms with E-state index < -0.39 is 21.7 Å². The summed E-state index contributed by atoms with van der Waals surface area (Å²) >= 11 is 0. The Morgan fingerprint density at radius 1 is 1.16 bits per heavy atom. The Balaban J connectivity index is 1.92. The van der Waals surface area contributed by atoms with E-state index in [-0.39, 0.29) is 4.90 Å². The third-order valence-electron chi connectivity index (χ3n) is 5.02. The topological polar surface area (TPSA) is 66.4 Å². The van der Waals surface area contributed by atoms with Crippen LogP contribution >= 0.6 is 0 Å². The fourth-order valence-electron chi connectivity index (χ4n) is 3.56. The van der Waals surface area contributed by atoms with Crippen molar-refractivity contribution in [3.05, 3.63) is 65.2 Å². The third-order valence-corrected chi connectivity index (χ3v) is 6.51. The molecule has 0 heterocycles. The van der Waals surface area contributed by atoms with Crippen LogP contribution < -0.4 is 4.72 Å². The molecule has 25 heavy (non-hydrogen) atoms. The molecular formula is C20H25NO3S. The average molecular weight is 359 g/mol. The first-order chi connectivity index (χ1) is 11.9. The van der Waals surface area contributed by atoms with Gasteiger partial charge in [-0.15, -0.1) is 0 Å². The predicted molar refractivity (Wildman–Crippen MR) is 98.9 cm³/mol. The van der Waals surface area contributed by atoms with Crippen LogP contribution in [0.25, 0.3) is 0 Å². The molecule has 0 aliphatic heterocycles. The zero-order chi connectivity index (χ0) is 18.1. The summed E-state index contributed by atoms with van der Waals surface area (Å²) < 4.78 is 28.3.